The molecule has 0 fully saturated rings. The highest BCUT2D eigenvalue weighted by molar-refractivity contribution is 5.84. The van der Waals surface area contributed by atoms with Crippen LogP contribution in [0.2, 0.25) is 0 Å². The zero-order valence-corrected chi connectivity index (χ0v) is 13.5. The fourth-order valence-corrected chi connectivity index (χ4v) is 2.70. The number of aromatic nitrogens is 2. The highest BCUT2D eigenvalue weighted by Crippen LogP contribution is 2.34. The third-order valence-electron chi connectivity index (χ3n) is 3.89. The molecule has 120 valence electrons. The lowest BCUT2D eigenvalue weighted by Gasteiger charge is -2.10. The molecule has 5 heteroatoms. The maximum atomic E-state index is 9.44. The first-order chi connectivity index (χ1) is 11.2. The van der Waals surface area contributed by atoms with Crippen LogP contribution in [0.1, 0.15) is 5.56 Å². The average molecular weight is 312 g/mol. The minimum Gasteiger partial charge on any atom is -0.493 e. The van der Waals surface area contributed by atoms with E-state index in [1.54, 1.807) is 14.2 Å². The van der Waals surface area contributed by atoms with Crippen molar-refractivity contribution < 1.29 is 14.6 Å². The third kappa shape index (κ3) is 2.75. The van der Waals surface area contributed by atoms with Gasteiger partial charge in [0, 0.05) is 24.2 Å². The number of hydrogen-bond donors (Lipinski definition) is 1. The second-order valence-electron chi connectivity index (χ2n) is 5.37. The predicted molar refractivity (Wildman–Crippen MR) is 90.1 cm³/mol. The van der Waals surface area contributed by atoms with Gasteiger partial charge >= 0.3 is 0 Å². The molecule has 0 aliphatic heterocycles. The van der Waals surface area contributed by atoms with Gasteiger partial charge in [0.1, 0.15) is 5.82 Å². The van der Waals surface area contributed by atoms with Crippen molar-refractivity contribution in [3.8, 4) is 22.9 Å². The summed E-state index contributed by atoms with van der Waals surface area (Å²) in [5.74, 6) is 2.11. The summed E-state index contributed by atoms with van der Waals surface area (Å²) >= 11 is 0. The zero-order valence-electron chi connectivity index (χ0n) is 13.5. The van der Waals surface area contributed by atoms with E-state index in [0.717, 1.165) is 22.4 Å². The number of aliphatic hydroxyl groups excluding tert-OH is 1. The van der Waals surface area contributed by atoms with Crippen molar-refractivity contribution in [2.75, 3.05) is 20.8 Å². The van der Waals surface area contributed by atoms with Crippen molar-refractivity contribution in [2.45, 2.75) is 13.5 Å². The van der Waals surface area contributed by atoms with E-state index in [4.69, 9.17) is 14.5 Å². The Bertz CT molecular complexity index is 822. The number of imidazole rings is 1. The lowest BCUT2D eigenvalue weighted by atomic mass is 10.1. The zero-order chi connectivity index (χ0) is 16.4. The molecule has 5 nitrogen and oxygen atoms in total. The van der Waals surface area contributed by atoms with Gasteiger partial charge in [-0.05, 0) is 6.92 Å². The molecule has 0 saturated heterocycles. The van der Waals surface area contributed by atoms with Crippen molar-refractivity contribution >= 4 is 11.0 Å². The molecule has 0 aliphatic carbocycles. The van der Waals surface area contributed by atoms with Gasteiger partial charge < -0.3 is 19.1 Å². The largest absolute Gasteiger partial charge is 0.493 e. The number of hydrogen-bond acceptors (Lipinski definition) is 4. The summed E-state index contributed by atoms with van der Waals surface area (Å²) in [5, 5.41) is 9.44. The van der Waals surface area contributed by atoms with Crippen LogP contribution in [-0.2, 0) is 6.54 Å². The Morgan fingerprint density at radius 3 is 2.30 bits per heavy atom. The van der Waals surface area contributed by atoms with E-state index in [0.29, 0.717) is 18.0 Å². The number of nitrogens with zero attached hydrogens (tertiary/aromatic N) is 2. The van der Waals surface area contributed by atoms with Crippen LogP contribution >= 0.6 is 0 Å². The molecule has 0 bridgehead atoms. The van der Waals surface area contributed by atoms with E-state index in [2.05, 4.69) is 19.1 Å². The summed E-state index contributed by atoms with van der Waals surface area (Å²) in [7, 11) is 3.21. The van der Waals surface area contributed by atoms with E-state index in [-0.39, 0.29) is 6.61 Å². The van der Waals surface area contributed by atoms with E-state index in [9.17, 15) is 5.11 Å². The van der Waals surface area contributed by atoms with Gasteiger partial charge in [-0.2, -0.15) is 0 Å². The van der Waals surface area contributed by atoms with Crippen LogP contribution in [0.25, 0.3) is 22.4 Å². The Morgan fingerprint density at radius 1 is 1.04 bits per heavy atom. The minimum atomic E-state index is 0.0403. The Hall–Kier alpha value is -2.53. The number of aliphatic hydroxyl groups is 1. The van der Waals surface area contributed by atoms with Gasteiger partial charge in [0.05, 0.1) is 31.9 Å². The molecule has 0 amide bonds. The number of aryl methyl sites for hydroxylation is 1. The third-order valence-corrected chi connectivity index (χ3v) is 3.89. The second kappa shape index (κ2) is 6.30. The molecule has 0 aliphatic rings. The van der Waals surface area contributed by atoms with Crippen LogP contribution in [0.4, 0.5) is 0 Å². The number of fused-ring (bicyclic) bond motifs is 1. The molecule has 1 N–H and O–H groups in total. The van der Waals surface area contributed by atoms with Crippen LogP contribution in [0.3, 0.4) is 0 Å². The topological polar surface area (TPSA) is 56.5 Å². The first kappa shape index (κ1) is 15.4. The molecule has 23 heavy (non-hydrogen) atoms. The van der Waals surface area contributed by atoms with E-state index in [1.165, 1.54) is 5.56 Å². The van der Waals surface area contributed by atoms with Crippen LogP contribution < -0.4 is 9.47 Å². The quantitative estimate of drug-likeness (QED) is 0.787. The fraction of sp³-hybridized carbons (Fsp3) is 0.278. The normalized spacial score (nSPS) is 11.0. The van der Waals surface area contributed by atoms with Gasteiger partial charge in [0.2, 0.25) is 0 Å². The van der Waals surface area contributed by atoms with Crippen molar-refractivity contribution in [1.82, 2.24) is 9.55 Å². The monoisotopic (exact) mass is 312 g/mol. The Kier molecular flexibility index (Phi) is 4.21. The van der Waals surface area contributed by atoms with Gasteiger partial charge in [-0.1, -0.05) is 29.8 Å². The summed E-state index contributed by atoms with van der Waals surface area (Å²) in [6.07, 6.45) is 0. The first-order valence-corrected chi connectivity index (χ1v) is 7.48. The highest BCUT2D eigenvalue weighted by Gasteiger charge is 2.16. The predicted octanol–water partition coefficient (Wildman–Crippen LogP) is 3.02. The van der Waals surface area contributed by atoms with Crippen molar-refractivity contribution in [3.63, 3.8) is 0 Å². The lowest BCUT2D eigenvalue weighted by molar-refractivity contribution is 0.278. The number of rotatable bonds is 5. The van der Waals surface area contributed by atoms with Crippen LogP contribution in [0.5, 0.6) is 11.5 Å². The average Bonchev–Trinajstić information content (AvgIpc) is 2.92. The van der Waals surface area contributed by atoms with Crippen LogP contribution in [-0.4, -0.2) is 35.5 Å². The van der Waals surface area contributed by atoms with Crippen molar-refractivity contribution in [3.05, 3.63) is 42.0 Å². The maximum Gasteiger partial charge on any atom is 0.163 e. The molecular weight excluding hydrogens is 292 g/mol. The molecule has 1 aromatic heterocycles. The molecule has 0 atom stereocenters. The molecule has 0 unspecified atom stereocenters. The molecule has 1 heterocycles. The number of ether oxygens (including phenoxy) is 2. The molecule has 0 radical (unpaired) electrons. The molecular formula is C18H20N2O3. The lowest BCUT2D eigenvalue weighted by Crippen LogP contribution is -2.04. The molecule has 3 rings (SSSR count). The maximum absolute atomic E-state index is 9.44. The van der Waals surface area contributed by atoms with Gasteiger partial charge in [-0.15, -0.1) is 0 Å². The van der Waals surface area contributed by atoms with Gasteiger partial charge in [-0.25, -0.2) is 4.98 Å². The summed E-state index contributed by atoms with van der Waals surface area (Å²) in [5.41, 5.74) is 3.93. The molecule has 2 aromatic carbocycles. The minimum absolute atomic E-state index is 0.0403. The molecule has 0 saturated carbocycles. The first-order valence-electron chi connectivity index (χ1n) is 7.48. The van der Waals surface area contributed by atoms with E-state index >= 15 is 0 Å². The van der Waals surface area contributed by atoms with Gasteiger partial charge in [-0.3, -0.25) is 0 Å². The standard InChI is InChI=1S/C18H20N2O3/c1-12-4-6-13(7-5-12)18-19-14-10-16(22-2)17(23-3)11-15(14)20(18)8-9-21/h4-7,10-11,21H,8-9H2,1-3H3. The van der Waals surface area contributed by atoms with Crippen LogP contribution in [0.15, 0.2) is 36.4 Å². The summed E-state index contributed by atoms with van der Waals surface area (Å²) < 4.78 is 12.7. The van der Waals surface area contributed by atoms with E-state index in [1.807, 2.05) is 28.8 Å². The second-order valence-corrected chi connectivity index (χ2v) is 5.37. The smallest absolute Gasteiger partial charge is 0.163 e. The summed E-state index contributed by atoms with van der Waals surface area (Å²) in [6.45, 7) is 2.56. The Labute approximate surface area is 135 Å². The van der Waals surface area contributed by atoms with Crippen molar-refractivity contribution in [2.24, 2.45) is 0 Å². The number of benzene rings is 2. The van der Waals surface area contributed by atoms with Crippen LogP contribution in [0, 0.1) is 6.92 Å². The summed E-state index contributed by atoms with van der Waals surface area (Å²) in [4.78, 5) is 4.73. The Morgan fingerprint density at radius 2 is 1.70 bits per heavy atom. The number of methoxy groups -OCH3 is 2. The fourth-order valence-electron chi connectivity index (χ4n) is 2.70. The van der Waals surface area contributed by atoms with Gasteiger partial charge in [0.25, 0.3) is 0 Å². The molecule has 0 spiro atoms. The summed E-state index contributed by atoms with van der Waals surface area (Å²) in [6, 6.07) is 11.9. The Balaban J connectivity index is 2.24. The van der Waals surface area contributed by atoms with Crippen molar-refractivity contribution in [1.29, 1.82) is 0 Å². The van der Waals surface area contributed by atoms with E-state index < -0.39 is 0 Å². The SMILES string of the molecule is COc1cc2nc(-c3ccc(C)cc3)n(CCO)c2cc1OC. The molecule has 3 aromatic rings. The van der Waals surface area contributed by atoms with Gasteiger partial charge in [0.15, 0.2) is 11.5 Å². The highest BCUT2D eigenvalue weighted by atomic mass is 16.5.